The maximum Gasteiger partial charge on any atom is 0.107 e. The van der Waals surface area contributed by atoms with Crippen LogP contribution in [0.1, 0.15) is 12.2 Å². The van der Waals surface area contributed by atoms with Crippen molar-refractivity contribution >= 4 is 11.0 Å². The molecule has 0 amide bonds. The van der Waals surface area contributed by atoms with Crippen LogP contribution in [0.15, 0.2) is 24.3 Å². The Bertz CT molecular complexity index is 412. The molecule has 0 spiro atoms. The molecule has 1 atom stereocenters. The average Bonchev–Trinajstić information content (AvgIpc) is 2.94. The lowest BCUT2D eigenvalue weighted by atomic mass is 10.2. The molecule has 0 radical (unpaired) electrons. The summed E-state index contributed by atoms with van der Waals surface area (Å²) in [7, 11) is 0. The number of imidazole rings is 1. The van der Waals surface area contributed by atoms with Crippen molar-refractivity contribution in [2.24, 2.45) is 0 Å². The molecule has 1 aromatic carbocycles. The second kappa shape index (κ2) is 3.10. The van der Waals surface area contributed by atoms with Gasteiger partial charge in [0.25, 0.3) is 0 Å². The highest BCUT2D eigenvalue weighted by Gasteiger charge is 2.22. The number of rotatable bonds is 3. The number of aromatic nitrogens is 2. The fourth-order valence-electron chi connectivity index (χ4n) is 1.66. The number of aromatic amines is 1. The molecule has 0 unspecified atom stereocenters. The standard InChI is InChI=1S/C11H12N2O/c1-2-4-10-9(3-1)12-11(13-10)6-5-8-7-14-8/h1-4,8H,5-7H2,(H,12,13)/t8-/m1/s1. The molecular weight excluding hydrogens is 176 g/mol. The molecule has 2 heterocycles. The van der Waals surface area contributed by atoms with Gasteiger partial charge in [0, 0.05) is 6.42 Å². The normalized spacial score (nSPS) is 20.1. The van der Waals surface area contributed by atoms with Gasteiger partial charge in [-0.2, -0.15) is 0 Å². The van der Waals surface area contributed by atoms with E-state index in [1.807, 2.05) is 18.2 Å². The molecular formula is C11H12N2O. The molecule has 0 saturated carbocycles. The highest BCUT2D eigenvalue weighted by Crippen LogP contribution is 2.17. The van der Waals surface area contributed by atoms with E-state index >= 15 is 0 Å². The van der Waals surface area contributed by atoms with Crippen LogP contribution in [0.2, 0.25) is 0 Å². The SMILES string of the molecule is c1ccc2[nH]c(CC[C@@H]3CO3)nc2c1. The zero-order chi connectivity index (χ0) is 9.38. The summed E-state index contributed by atoms with van der Waals surface area (Å²) in [6.45, 7) is 0.931. The van der Waals surface area contributed by atoms with Gasteiger partial charge < -0.3 is 9.72 Å². The van der Waals surface area contributed by atoms with Gasteiger partial charge in [-0.05, 0) is 18.6 Å². The van der Waals surface area contributed by atoms with Gasteiger partial charge in [-0.25, -0.2) is 4.98 Å². The van der Waals surface area contributed by atoms with Gasteiger partial charge in [0.2, 0.25) is 0 Å². The van der Waals surface area contributed by atoms with E-state index < -0.39 is 0 Å². The zero-order valence-corrected chi connectivity index (χ0v) is 7.86. The summed E-state index contributed by atoms with van der Waals surface area (Å²) >= 11 is 0. The summed E-state index contributed by atoms with van der Waals surface area (Å²) in [5.41, 5.74) is 2.18. The Morgan fingerprint density at radius 3 is 3.07 bits per heavy atom. The van der Waals surface area contributed by atoms with Crippen LogP contribution in [0.3, 0.4) is 0 Å². The van der Waals surface area contributed by atoms with Gasteiger partial charge in [0.1, 0.15) is 5.82 Å². The predicted octanol–water partition coefficient (Wildman–Crippen LogP) is 1.89. The zero-order valence-electron chi connectivity index (χ0n) is 7.86. The Balaban J connectivity index is 1.82. The summed E-state index contributed by atoms with van der Waals surface area (Å²) in [6, 6.07) is 8.12. The Labute approximate surface area is 82.1 Å². The van der Waals surface area contributed by atoms with Gasteiger partial charge >= 0.3 is 0 Å². The second-order valence-corrected chi connectivity index (χ2v) is 3.69. The maximum atomic E-state index is 5.16. The first-order valence-electron chi connectivity index (χ1n) is 4.97. The number of nitrogens with zero attached hydrogens (tertiary/aromatic N) is 1. The van der Waals surface area contributed by atoms with Gasteiger partial charge in [0.05, 0.1) is 23.7 Å². The fourth-order valence-corrected chi connectivity index (χ4v) is 1.66. The first-order chi connectivity index (χ1) is 6.92. The number of aryl methyl sites for hydroxylation is 1. The lowest BCUT2D eigenvalue weighted by Crippen LogP contribution is -1.92. The molecule has 1 aliphatic rings. The Kier molecular flexibility index (Phi) is 1.77. The van der Waals surface area contributed by atoms with E-state index in [9.17, 15) is 0 Å². The van der Waals surface area contributed by atoms with Gasteiger partial charge in [-0.1, -0.05) is 12.1 Å². The Morgan fingerprint density at radius 1 is 1.43 bits per heavy atom. The largest absolute Gasteiger partial charge is 0.373 e. The summed E-state index contributed by atoms with van der Waals surface area (Å²) in [6.07, 6.45) is 2.56. The Morgan fingerprint density at radius 2 is 2.29 bits per heavy atom. The van der Waals surface area contributed by atoms with Crippen molar-refractivity contribution in [2.75, 3.05) is 6.61 Å². The summed E-state index contributed by atoms with van der Waals surface area (Å²) in [5, 5.41) is 0. The number of hydrogen-bond donors (Lipinski definition) is 1. The van der Waals surface area contributed by atoms with Crippen LogP contribution in [0, 0.1) is 0 Å². The van der Waals surface area contributed by atoms with Crippen LogP contribution in [0.25, 0.3) is 11.0 Å². The van der Waals surface area contributed by atoms with Crippen LogP contribution in [-0.2, 0) is 11.2 Å². The average molecular weight is 188 g/mol. The van der Waals surface area contributed by atoms with Crippen LogP contribution < -0.4 is 0 Å². The molecule has 3 rings (SSSR count). The van der Waals surface area contributed by atoms with Crippen LogP contribution in [0.4, 0.5) is 0 Å². The highest BCUT2D eigenvalue weighted by molar-refractivity contribution is 5.74. The lowest BCUT2D eigenvalue weighted by Gasteiger charge is -1.90. The smallest absolute Gasteiger partial charge is 0.107 e. The molecule has 3 nitrogen and oxygen atoms in total. The van der Waals surface area contributed by atoms with E-state index in [4.69, 9.17) is 4.74 Å². The minimum Gasteiger partial charge on any atom is -0.373 e. The number of benzene rings is 1. The molecule has 0 bridgehead atoms. The van der Waals surface area contributed by atoms with Crippen molar-refractivity contribution in [1.29, 1.82) is 0 Å². The molecule has 1 aromatic heterocycles. The quantitative estimate of drug-likeness (QED) is 0.747. The van der Waals surface area contributed by atoms with Crippen molar-refractivity contribution in [3.8, 4) is 0 Å². The molecule has 72 valence electrons. The monoisotopic (exact) mass is 188 g/mol. The number of epoxide rings is 1. The lowest BCUT2D eigenvalue weighted by molar-refractivity contribution is 0.395. The van der Waals surface area contributed by atoms with Gasteiger partial charge in [0.15, 0.2) is 0 Å². The van der Waals surface area contributed by atoms with Crippen molar-refractivity contribution in [3.63, 3.8) is 0 Å². The minimum absolute atomic E-state index is 0.489. The topological polar surface area (TPSA) is 41.2 Å². The van der Waals surface area contributed by atoms with E-state index in [1.54, 1.807) is 0 Å². The Hall–Kier alpha value is -1.35. The van der Waals surface area contributed by atoms with E-state index in [1.165, 1.54) is 0 Å². The molecule has 2 aromatic rings. The molecule has 1 saturated heterocycles. The van der Waals surface area contributed by atoms with E-state index in [0.29, 0.717) is 6.10 Å². The van der Waals surface area contributed by atoms with E-state index in [2.05, 4.69) is 16.0 Å². The third-order valence-corrected chi connectivity index (χ3v) is 2.54. The number of nitrogens with one attached hydrogen (secondary N) is 1. The number of fused-ring (bicyclic) bond motifs is 1. The van der Waals surface area contributed by atoms with Crippen molar-refractivity contribution in [2.45, 2.75) is 18.9 Å². The van der Waals surface area contributed by atoms with Crippen LogP contribution in [0.5, 0.6) is 0 Å². The number of hydrogen-bond acceptors (Lipinski definition) is 2. The second-order valence-electron chi connectivity index (χ2n) is 3.69. The van der Waals surface area contributed by atoms with Gasteiger partial charge in [-0.3, -0.25) is 0 Å². The molecule has 0 aliphatic carbocycles. The van der Waals surface area contributed by atoms with Crippen LogP contribution >= 0.6 is 0 Å². The fraction of sp³-hybridized carbons (Fsp3) is 0.364. The third-order valence-electron chi connectivity index (χ3n) is 2.54. The molecule has 1 N–H and O–H groups in total. The highest BCUT2D eigenvalue weighted by atomic mass is 16.6. The number of para-hydroxylation sites is 2. The summed E-state index contributed by atoms with van der Waals surface area (Å²) in [5.74, 6) is 1.07. The van der Waals surface area contributed by atoms with E-state index in [0.717, 1.165) is 36.3 Å². The molecule has 14 heavy (non-hydrogen) atoms. The summed E-state index contributed by atoms with van der Waals surface area (Å²) in [4.78, 5) is 7.81. The van der Waals surface area contributed by atoms with E-state index in [-0.39, 0.29) is 0 Å². The first-order valence-corrected chi connectivity index (χ1v) is 4.97. The summed E-state index contributed by atoms with van der Waals surface area (Å²) < 4.78 is 5.16. The van der Waals surface area contributed by atoms with Crippen molar-refractivity contribution in [3.05, 3.63) is 30.1 Å². The molecule has 1 aliphatic heterocycles. The number of H-pyrrole nitrogens is 1. The maximum absolute atomic E-state index is 5.16. The predicted molar refractivity (Wildman–Crippen MR) is 54.2 cm³/mol. The number of ether oxygens (including phenoxy) is 1. The van der Waals surface area contributed by atoms with Gasteiger partial charge in [-0.15, -0.1) is 0 Å². The van der Waals surface area contributed by atoms with Crippen molar-refractivity contribution < 1.29 is 4.74 Å². The molecule has 1 fully saturated rings. The first kappa shape index (κ1) is 8.00. The molecule has 3 heteroatoms. The van der Waals surface area contributed by atoms with Crippen LogP contribution in [-0.4, -0.2) is 22.7 Å². The third kappa shape index (κ3) is 1.51. The minimum atomic E-state index is 0.489. The van der Waals surface area contributed by atoms with Crippen molar-refractivity contribution in [1.82, 2.24) is 9.97 Å².